The zero-order chi connectivity index (χ0) is 23.9. The molecule has 0 unspecified atom stereocenters. The number of rotatable bonds is 6. The Kier molecular flexibility index (Phi) is 8.28. The summed E-state index contributed by atoms with van der Waals surface area (Å²) < 4.78 is 0. The van der Waals surface area contributed by atoms with E-state index in [0.717, 1.165) is 11.1 Å². The van der Waals surface area contributed by atoms with E-state index < -0.39 is 11.4 Å². The van der Waals surface area contributed by atoms with Crippen molar-refractivity contribution in [2.24, 2.45) is 0 Å². The fourth-order valence-electron chi connectivity index (χ4n) is 2.58. The number of benzene rings is 1. The van der Waals surface area contributed by atoms with Crippen LogP contribution in [0.15, 0.2) is 49.1 Å². The van der Waals surface area contributed by atoms with Crippen molar-refractivity contribution >= 4 is 35.2 Å². The maximum Gasteiger partial charge on any atom is 0.211 e. The number of carbonyl (C=O) groups is 2. The van der Waals surface area contributed by atoms with Gasteiger partial charge in [-0.15, -0.1) is 0 Å². The van der Waals surface area contributed by atoms with E-state index in [1.54, 1.807) is 37.6 Å². The van der Waals surface area contributed by atoms with Gasteiger partial charge in [-0.2, -0.15) is 0 Å². The van der Waals surface area contributed by atoms with Crippen LogP contribution in [0.5, 0.6) is 0 Å². The highest BCUT2D eigenvalue weighted by atomic mass is 35.5. The minimum absolute atomic E-state index is 0.224. The molecule has 8 nitrogen and oxygen atoms in total. The molecule has 0 saturated heterocycles. The van der Waals surface area contributed by atoms with Crippen molar-refractivity contribution in [2.45, 2.75) is 26.4 Å². The summed E-state index contributed by atoms with van der Waals surface area (Å²) in [6, 6.07) is 6.80. The molecule has 0 fully saturated rings. The van der Waals surface area contributed by atoms with Crippen molar-refractivity contribution in [3.63, 3.8) is 0 Å². The fraction of sp³-hybridized carbons (Fsp3) is 0.217. The number of anilines is 1. The number of carbonyl (C=O) groups excluding carboxylic acids is 2. The Labute approximate surface area is 191 Å². The van der Waals surface area contributed by atoms with Crippen LogP contribution in [0, 0.1) is 12.3 Å². The second-order valence-corrected chi connectivity index (χ2v) is 7.82. The predicted octanol–water partition coefficient (Wildman–Crippen LogP) is 3.75. The van der Waals surface area contributed by atoms with Crippen molar-refractivity contribution < 1.29 is 14.7 Å². The first-order chi connectivity index (χ1) is 15.1. The van der Waals surface area contributed by atoms with Crippen molar-refractivity contribution in [1.29, 1.82) is 5.41 Å². The summed E-state index contributed by atoms with van der Waals surface area (Å²) in [5, 5.41) is 21.2. The summed E-state index contributed by atoms with van der Waals surface area (Å²) in [6.45, 7) is 4.68. The van der Waals surface area contributed by atoms with Crippen LogP contribution in [0.4, 0.5) is 5.82 Å². The third-order valence-corrected chi connectivity index (χ3v) is 4.56. The number of aliphatic hydroxyl groups is 1. The highest BCUT2D eigenvalue weighted by molar-refractivity contribution is 6.47. The van der Waals surface area contributed by atoms with Crippen LogP contribution in [-0.2, 0) is 4.79 Å². The first-order valence-electron chi connectivity index (χ1n) is 9.59. The molecule has 0 aliphatic heterocycles. The quantitative estimate of drug-likeness (QED) is 0.383. The van der Waals surface area contributed by atoms with Crippen molar-refractivity contribution in [3.8, 4) is 11.3 Å². The van der Waals surface area contributed by atoms with Crippen LogP contribution in [0.25, 0.3) is 11.3 Å². The lowest BCUT2D eigenvalue weighted by molar-refractivity contribution is -0.126. The van der Waals surface area contributed by atoms with Crippen molar-refractivity contribution in [3.05, 3.63) is 70.8 Å². The summed E-state index contributed by atoms with van der Waals surface area (Å²) >= 11 is 5.50. The number of nitrogens with zero attached hydrogens (tertiary/aromatic N) is 3. The van der Waals surface area contributed by atoms with Crippen LogP contribution in [0.1, 0.15) is 35.3 Å². The summed E-state index contributed by atoms with van der Waals surface area (Å²) in [6.07, 6.45) is 6.90. The largest absolute Gasteiger partial charge is 0.382 e. The number of hydrogen-bond acceptors (Lipinski definition) is 8. The Hall–Kier alpha value is -3.49. The first-order valence-corrected chi connectivity index (χ1v) is 9.97. The Morgan fingerprint density at radius 3 is 2.38 bits per heavy atom. The van der Waals surface area contributed by atoms with Crippen LogP contribution in [-0.4, -0.2) is 50.5 Å². The summed E-state index contributed by atoms with van der Waals surface area (Å²) in [7, 11) is 1.76. The Balaban J connectivity index is 0.000000336. The predicted molar refractivity (Wildman–Crippen MR) is 125 cm³/mol. The second kappa shape index (κ2) is 10.7. The van der Waals surface area contributed by atoms with Gasteiger partial charge in [0.15, 0.2) is 6.29 Å². The van der Waals surface area contributed by atoms with E-state index in [1.165, 1.54) is 26.2 Å². The molecule has 0 bridgehead atoms. The average Bonchev–Trinajstić information content (AvgIpc) is 2.78. The number of aromatic nitrogens is 3. The van der Waals surface area contributed by atoms with E-state index in [1.807, 2.05) is 13.0 Å². The van der Waals surface area contributed by atoms with Crippen molar-refractivity contribution in [1.82, 2.24) is 15.0 Å². The van der Waals surface area contributed by atoms with Crippen LogP contribution < -0.4 is 5.32 Å². The number of Topliss-reactive ketones (excluding diaryl/α,β-unsaturated/α-hetero) is 1. The van der Waals surface area contributed by atoms with Gasteiger partial charge in [0.25, 0.3) is 0 Å². The smallest absolute Gasteiger partial charge is 0.211 e. The molecule has 0 amide bonds. The molecule has 9 heteroatoms. The highest BCUT2D eigenvalue weighted by Gasteiger charge is 2.28. The molecule has 3 N–H and O–H groups in total. The molecular formula is C23H24ClN5O3. The minimum atomic E-state index is -1.57. The van der Waals surface area contributed by atoms with E-state index in [9.17, 15) is 14.7 Å². The molecule has 0 spiro atoms. The van der Waals surface area contributed by atoms with Gasteiger partial charge in [0, 0.05) is 36.1 Å². The zero-order valence-corrected chi connectivity index (χ0v) is 18.9. The topological polar surface area (TPSA) is 129 Å². The number of aldehydes is 1. The molecule has 0 aliphatic rings. The lowest BCUT2D eigenvalue weighted by Crippen LogP contribution is -2.37. The molecule has 32 heavy (non-hydrogen) atoms. The maximum atomic E-state index is 12.1. The normalized spacial score (nSPS) is 10.6. The Morgan fingerprint density at radius 2 is 1.88 bits per heavy atom. The molecule has 0 saturated carbocycles. The van der Waals surface area contributed by atoms with Gasteiger partial charge in [0.05, 0.1) is 23.1 Å². The minimum Gasteiger partial charge on any atom is -0.382 e. The van der Waals surface area contributed by atoms with Crippen molar-refractivity contribution in [2.75, 3.05) is 12.4 Å². The van der Waals surface area contributed by atoms with E-state index in [2.05, 4.69) is 20.3 Å². The lowest BCUT2D eigenvalue weighted by atomic mass is 9.93. The monoisotopic (exact) mass is 453 g/mol. The van der Waals surface area contributed by atoms with E-state index >= 15 is 0 Å². The van der Waals surface area contributed by atoms with Gasteiger partial charge in [-0.3, -0.25) is 25.0 Å². The van der Waals surface area contributed by atoms with Gasteiger partial charge in [0.1, 0.15) is 17.1 Å². The fourth-order valence-corrected chi connectivity index (χ4v) is 2.76. The van der Waals surface area contributed by atoms with Gasteiger partial charge in [-0.1, -0.05) is 23.7 Å². The second-order valence-electron chi connectivity index (χ2n) is 7.38. The number of pyridine rings is 1. The molecular weight excluding hydrogens is 430 g/mol. The molecule has 1 aromatic carbocycles. The standard InChI is InChI=1S/C17H20N4O2.C6H4ClNO/c1-10-5-6-11(15(18)16(22)17(2,3)23)7-12(10)13-8-21-14(19-4)9-20-13;7-6-1-5(4-9)2-8-3-6/h5-9,18,23H,1-4H3,(H,19,21);1-4H. The number of halogens is 1. The zero-order valence-electron chi connectivity index (χ0n) is 18.2. The number of ketones is 1. The molecule has 2 aromatic heterocycles. The average molecular weight is 454 g/mol. The number of nitrogens with one attached hydrogen (secondary N) is 2. The molecule has 3 rings (SSSR count). The van der Waals surface area contributed by atoms with E-state index in [4.69, 9.17) is 17.0 Å². The first kappa shape index (κ1) is 24.8. The maximum absolute atomic E-state index is 12.1. The van der Waals surface area contributed by atoms with Gasteiger partial charge in [-0.25, -0.2) is 4.98 Å². The SMILES string of the molecule is CNc1cnc(-c2cc(C(=N)C(=O)C(C)(C)O)ccc2C)cn1.O=Cc1cncc(Cl)c1. The van der Waals surface area contributed by atoms with Crippen LogP contribution in [0.3, 0.4) is 0 Å². The molecule has 166 valence electrons. The Bertz CT molecular complexity index is 1130. The number of aryl methyl sites for hydroxylation is 1. The molecule has 2 heterocycles. The molecule has 3 aromatic rings. The van der Waals surface area contributed by atoms with Crippen LogP contribution >= 0.6 is 11.6 Å². The molecule has 0 radical (unpaired) electrons. The Morgan fingerprint density at radius 1 is 1.16 bits per heavy atom. The van der Waals surface area contributed by atoms with Gasteiger partial charge in [0.2, 0.25) is 5.78 Å². The molecule has 0 aliphatic carbocycles. The number of hydrogen-bond donors (Lipinski definition) is 3. The van der Waals surface area contributed by atoms with Gasteiger partial charge >= 0.3 is 0 Å². The lowest BCUT2D eigenvalue weighted by Gasteiger charge is -2.17. The summed E-state index contributed by atoms with van der Waals surface area (Å²) in [5.41, 5.74) is 1.57. The summed E-state index contributed by atoms with van der Waals surface area (Å²) in [5.74, 6) is 0.0384. The summed E-state index contributed by atoms with van der Waals surface area (Å²) in [4.78, 5) is 34.4. The third-order valence-electron chi connectivity index (χ3n) is 4.36. The molecule has 0 atom stereocenters. The van der Waals surface area contributed by atoms with Crippen LogP contribution in [0.2, 0.25) is 5.02 Å². The third kappa shape index (κ3) is 6.50. The van der Waals surface area contributed by atoms with Gasteiger partial charge < -0.3 is 10.4 Å². The highest BCUT2D eigenvalue weighted by Crippen LogP contribution is 2.24. The van der Waals surface area contributed by atoms with E-state index in [-0.39, 0.29) is 5.71 Å². The van der Waals surface area contributed by atoms with Gasteiger partial charge in [-0.05, 0) is 38.5 Å². The van der Waals surface area contributed by atoms with E-state index in [0.29, 0.717) is 33.9 Å².